The van der Waals surface area contributed by atoms with E-state index in [1.807, 2.05) is 0 Å². The van der Waals surface area contributed by atoms with Crippen LogP contribution in [0.2, 0.25) is 0 Å². The lowest BCUT2D eigenvalue weighted by atomic mass is 10.0. The summed E-state index contributed by atoms with van der Waals surface area (Å²) in [6.07, 6.45) is 3.91. The summed E-state index contributed by atoms with van der Waals surface area (Å²) < 4.78 is 5.35. The molecule has 0 unspecified atom stereocenters. The lowest BCUT2D eigenvalue weighted by Crippen LogP contribution is -2.22. The summed E-state index contributed by atoms with van der Waals surface area (Å²) in [6, 6.07) is 4.44. The van der Waals surface area contributed by atoms with Crippen molar-refractivity contribution in [2.24, 2.45) is 0 Å². The number of hydrogen-bond acceptors (Lipinski definition) is 2. The highest BCUT2D eigenvalue weighted by molar-refractivity contribution is 5.41. The van der Waals surface area contributed by atoms with Crippen LogP contribution in [0, 0.1) is 13.8 Å². The molecule has 0 aromatic heterocycles. The number of rotatable bonds is 4. The van der Waals surface area contributed by atoms with Gasteiger partial charge in [-0.2, -0.15) is 0 Å². The molecule has 1 fully saturated rings. The van der Waals surface area contributed by atoms with Crippen molar-refractivity contribution in [3.8, 4) is 5.75 Å². The van der Waals surface area contributed by atoms with Crippen LogP contribution in [0.5, 0.6) is 5.75 Å². The van der Waals surface area contributed by atoms with Crippen molar-refractivity contribution in [2.75, 3.05) is 26.7 Å². The standard InChI is InChI=1S/C15H23NO/c1-12-11-15(17-3)13(2)10-14(12)6-9-16-7-4-5-8-16/h10-11H,4-9H2,1-3H3. The van der Waals surface area contributed by atoms with Gasteiger partial charge in [0.1, 0.15) is 5.75 Å². The number of likely N-dealkylation sites (tertiary alicyclic amines) is 1. The predicted octanol–water partition coefficient (Wildman–Crippen LogP) is 2.95. The Kier molecular flexibility index (Phi) is 4.06. The fourth-order valence-electron chi connectivity index (χ4n) is 2.62. The third kappa shape index (κ3) is 3.01. The first-order valence-electron chi connectivity index (χ1n) is 6.57. The maximum atomic E-state index is 5.35. The monoisotopic (exact) mass is 233 g/mol. The Labute approximate surface area is 105 Å². The third-order valence-corrected chi connectivity index (χ3v) is 3.75. The first-order valence-corrected chi connectivity index (χ1v) is 6.57. The van der Waals surface area contributed by atoms with Crippen LogP contribution >= 0.6 is 0 Å². The minimum absolute atomic E-state index is 1.01. The Morgan fingerprint density at radius 2 is 1.82 bits per heavy atom. The second-order valence-electron chi connectivity index (χ2n) is 5.05. The lowest BCUT2D eigenvalue weighted by molar-refractivity contribution is 0.343. The summed E-state index contributed by atoms with van der Waals surface area (Å²) >= 11 is 0. The smallest absolute Gasteiger partial charge is 0.122 e. The van der Waals surface area contributed by atoms with Gasteiger partial charge in [0.2, 0.25) is 0 Å². The van der Waals surface area contributed by atoms with Gasteiger partial charge >= 0.3 is 0 Å². The summed E-state index contributed by atoms with van der Waals surface area (Å²) in [5.41, 5.74) is 4.07. The van der Waals surface area contributed by atoms with Crippen LogP contribution in [-0.2, 0) is 6.42 Å². The lowest BCUT2D eigenvalue weighted by Gasteiger charge is -2.16. The van der Waals surface area contributed by atoms with E-state index in [9.17, 15) is 0 Å². The highest BCUT2D eigenvalue weighted by Gasteiger charge is 2.12. The summed E-state index contributed by atoms with van der Waals surface area (Å²) in [6.45, 7) is 8.08. The topological polar surface area (TPSA) is 12.5 Å². The van der Waals surface area contributed by atoms with Crippen LogP contribution in [0.1, 0.15) is 29.5 Å². The second kappa shape index (κ2) is 5.54. The molecular weight excluding hydrogens is 210 g/mol. The zero-order valence-corrected chi connectivity index (χ0v) is 11.3. The maximum absolute atomic E-state index is 5.35. The Morgan fingerprint density at radius 3 is 2.47 bits per heavy atom. The average molecular weight is 233 g/mol. The quantitative estimate of drug-likeness (QED) is 0.793. The number of ether oxygens (including phenoxy) is 1. The Bertz CT molecular complexity index is 381. The van der Waals surface area contributed by atoms with E-state index in [2.05, 4.69) is 30.9 Å². The van der Waals surface area contributed by atoms with E-state index in [0.717, 1.165) is 12.2 Å². The molecule has 0 bridgehead atoms. The van der Waals surface area contributed by atoms with Crippen molar-refractivity contribution in [1.29, 1.82) is 0 Å². The molecule has 1 saturated heterocycles. The summed E-state index contributed by atoms with van der Waals surface area (Å²) in [4.78, 5) is 2.57. The minimum Gasteiger partial charge on any atom is -0.496 e. The molecule has 2 heteroatoms. The van der Waals surface area contributed by atoms with Crippen LogP contribution in [0.4, 0.5) is 0 Å². The summed E-state index contributed by atoms with van der Waals surface area (Å²) in [5.74, 6) is 1.01. The first kappa shape index (κ1) is 12.4. The van der Waals surface area contributed by atoms with Gasteiger partial charge < -0.3 is 9.64 Å². The molecule has 0 radical (unpaired) electrons. The molecule has 2 nitrogen and oxygen atoms in total. The average Bonchev–Trinajstić information content (AvgIpc) is 2.82. The van der Waals surface area contributed by atoms with E-state index in [4.69, 9.17) is 4.74 Å². The molecule has 0 N–H and O–H groups in total. The van der Waals surface area contributed by atoms with Gasteiger partial charge in [-0.1, -0.05) is 6.07 Å². The van der Waals surface area contributed by atoms with Crippen molar-refractivity contribution in [3.05, 3.63) is 28.8 Å². The SMILES string of the molecule is COc1cc(C)c(CCN2CCCC2)cc1C. The molecule has 1 heterocycles. The van der Waals surface area contributed by atoms with E-state index in [0.29, 0.717) is 0 Å². The Morgan fingerprint density at radius 1 is 1.12 bits per heavy atom. The Balaban J connectivity index is 2.02. The third-order valence-electron chi connectivity index (χ3n) is 3.75. The number of hydrogen-bond donors (Lipinski definition) is 0. The van der Waals surface area contributed by atoms with Gasteiger partial charge in [0.25, 0.3) is 0 Å². The van der Waals surface area contributed by atoms with Crippen molar-refractivity contribution in [2.45, 2.75) is 33.1 Å². The molecule has 94 valence electrons. The minimum atomic E-state index is 1.01. The van der Waals surface area contributed by atoms with Crippen molar-refractivity contribution in [3.63, 3.8) is 0 Å². The molecule has 1 aromatic carbocycles. The Hall–Kier alpha value is -1.02. The van der Waals surface area contributed by atoms with Crippen molar-refractivity contribution >= 4 is 0 Å². The molecule has 1 aliphatic rings. The van der Waals surface area contributed by atoms with Crippen molar-refractivity contribution < 1.29 is 4.74 Å². The van der Waals surface area contributed by atoms with Crippen LogP contribution in [0.25, 0.3) is 0 Å². The van der Waals surface area contributed by atoms with Crippen molar-refractivity contribution in [1.82, 2.24) is 4.90 Å². The zero-order chi connectivity index (χ0) is 12.3. The highest BCUT2D eigenvalue weighted by atomic mass is 16.5. The van der Waals surface area contributed by atoms with E-state index in [1.165, 1.54) is 49.2 Å². The molecule has 0 aliphatic carbocycles. The van der Waals surface area contributed by atoms with Gasteiger partial charge in [-0.05, 0) is 69.0 Å². The molecule has 0 atom stereocenters. The largest absolute Gasteiger partial charge is 0.496 e. The van der Waals surface area contributed by atoms with Gasteiger partial charge in [0.15, 0.2) is 0 Å². The molecule has 0 amide bonds. The van der Waals surface area contributed by atoms with Gasteiger partial charge in [0, 0.05) is 6.54 Å². The van der Waals surface area contributed by atoms with E-state index in [1.54, 1.807) is 7.11 Å². The highest BCUT2D eigenvalue weighted by Crippen LogP contribution is 2.23. The number of nitrogens with zero attached hydrogens (tertiary/aromatic N) is 1. The number of benzene rings is 1. The normalized spacial score (nSPS) is 16.4. The molecule has 0 saturated carbocycles. The maximum Gasteiger partial charge on any atom is 0.122 e. The van der Waals surface area contributed by atoms with Gasteiger partial charge in [0.05, 0.1) is 7.11 Å². The van der Waals surface area contributed by atoms with E-state index < -0.39 is 0 Å². The van der Waals surface area contributed by atoms with Crippen LogP contribution < -0.4 is 4.74 Å². The molecule has 0 spiro atoms. The number of aryl methyl sites for hydroxylation is 2. The predicted molar refractivity (Wildman–Crippen MR) is 71.8 cm³/mol. The summed E-state index contributed by atoms with van der Waals surface area (Å²) in [5, 5.41) is 0. The van der Waals surface area contributed by atoms with Crippen LogP contribution in [0.15, 0.2) is 12.1 Å². The fraction of sp³-hybridized carbons (Fsp3) is 0.600. The number of methoxy groups -OCH3 is 1. The van der Waals surface area contributed by atoms with Gasteiger partial charge in [-0.25, -0.2) is 0 Å². The van der Waals surface area contributed by atoms with Crippen LogP contribution in [-0.4, -0.2) is 31.6 Å². The molecule has 2 rings (SSSR count). The molecule has 1 aliphatic heterocycles. The molecule has 1 aromatic rings. The van der Waals surface area contributed by atoms with E-state index in [-0.39, 0.29) is 0 Å². The summed E-state index contributed by atoms with van der Waals surface area (Å²) in [7, 11) is 1.74. The van der Waals surface area contributed by atoms with E-state index >= 15 is 0 Å². The fourth-order valence-corrected chi connectivity index (χ4v) is 2.62. The van der Waals surface area contributed by atoms with Crippen LogP contribution in [0.3, 0.4) is 0 Å². The first-order chi connectivity index (χ1) is 8.20. The van der Waals surface area contributed by atoms with Gasteiger partial charge in [-0.15, -0.1) is 0 Å². The molecule has 17 heavy (non-hydrogen) atoms. The molecular formula is C15H23NO. The second-order valence-corrected chi connectivity index (χ2v) is 5.05. The van der Waals surface area contributed by atoms with Gasteiger partial charge in [-0.3, -0.25) is 0 Å². The zero-order valence-electron chi connectivity index (χ0n) is 11.3.